The van der Waals surface area contributed by atoms with E-state index in [4.69, 9.17) is 5.14 Å². The minimum Gasteiger partial charge on any atom is -0.241 e. The van der Waals surface area contributed by atoms with Crippen molar-refractivity contribution in [3.63, 3.8) is 0 Å². The fourth-order valence-electron chi connectivity index (χ4n) is 2.40. The number of rotatable bonds is 3. The zero-order valence-electron chi connectivity index (χ0n) is 12.2. The van der Waals surface area contributed by atoms with Gasteiger partial charge in [0.05, 0.1) is 15.3 Å². The molecule has 0 atom stereocenters. The monoisotopic (exact) mass is 350 g/mol. The molecule has 0 saturated heterocycles. The molecule has 0 saturated carbocycles. The van der Waals surface area contributed by atoms with Crippen LogP contribution in [0.4, 0.5) is 0 Å². The van der Waals surface area contributed by atoms with Gasteiger partial charge in [0, 0.05) is 11.6 Å². The molecule has 0 unspecified atom stereocenters. The number of fused-ring (bicyclic) bond motifs is 1. The number of nitrogens with two attached hydrogens (primary N) is 1. The van der Waals surface area contributed by atoms with Gasteiger partial charge in [-0.2, -0.15) is 0 Å². The second-order valence-corrected chi connectivity index (χ2v) is 8.51. The van der Waals surface area contributed by atoms with Crippen LogP contribution in [-0.4, -0.2) is 20.8 Å². The van der Waals surface area contributed by atoms with E-state index < -0.39 is 20.0 Å². The number of hydrogen-bond acceptors (Lipinski definition) is 4. The van der Waals surface area contributed by atoms with Crippen molar-refractivity contribution < 1.29 is 16.8 Å². The zero-order chi connectivity index (χ0) is 16.8. The Morgan fingerprint density at radius 2 is 1.57 bits per heavy atom. The summed E-state index contributed by atoms with van der Waals surface area (Å²) in [7, 11) is -7.76. The van der Waals surface area contributed by atoms with Gasteiger partial charge in [0.25, 0.3) is 10.0 Å². The van der Waals surface area contributed by atoms with Crippen molar-refractivity contribution in [3.05, 3.63) is 60.3 Å². The Balaban J connectivity index is 2.28. The van der Waals surface area contributed by atoms with Crippen LogP contribution in [0, 0.1) is 6.92 Å². The standard InChI is InChI=1S/C15H14N2O4S2/c1-11-5-7-12(8-6-11)23(20,21)17-10-9-13-14(17)3-2-4-15(13)22(16,18)19/h2-10H,1H3,(H2,16,18,19). The number of sulfonamides is 1. The van der Waals surface area contributed by atoms with Crippen LogP contribution in [0.5, 0.6) is 0 Å². The molecule has 0 aliphatic heterocycles. The van der Waals surface area contributed by atoms with Gasteiger partial charge in [0.1, 0.15) is 0 Å². The molecule has 1 heterocycles. The molecular weight excluding hydrogens is 336 g/mol. The minimum absolute atomic E-state index is 0.104. The number of nitrogens with zero attached hydrogens (tertiary/aromatic N) is 1. The fourth-order valence-corrected chi connectivity index (χ4v) is 4.49. The Bertz CT molecular complexity index is 1100. The first-order valence-electron chi connectivity index (χ1n) is 6.66. The number of aromatic nitrogens is 1. The molecule has 2 aromatic carbocycles. The second kappa shape index (κ2) is 5.19. The van der Waals surface area contributed by atoms with Crippen molar-refractivity contribution in [1.82, 2.24) is 3.97 Å². The van der Waals surface area contributed by atoms with Gasteiger partial charge >= 0.3 is 0 Å². The first-order chi connectivity index (χ1) is 10.7. The number of hydrogen-bond donors (Lipinski definition) is 1. The molecule has 23 heavy (non-hydrogen) atoms. The Kier molecular flexibility index (Phi) is 3.55. The van der Waals surface area contributed by atoms with E-state index in [9.17, 15) is 16.8 Å². The average molecular weight is 350 g/mol. The van der Waals surface area contributed by atoms with Crippen molar-refractivity contribution >= 4 is 30.9 Å². The zero-order valence-corrected chi connectivity index (χ0v) is 13.8. The maximum atomic E-state index is 12.8. The van der Waals surface area contributed by atoms with Gasteiger partial charge in [-0.05, 0) is 37.3 Å². The Morgan fingerprint density at radius 1 is 0.913 bits per heavy atom. The third kappa shape index (κ3) is 2.65. The highest BCUT2D eigenvalue weighted by molar-refractivity contribution is 7.90. The quantitative estimate of drug-likeness (QED) is 0.779. The van der Waals surface area contributed by atoms with Gasteiger partial charge in [-0.15, -0.1) is 0 Å². The van der Waals surface area contributed by atoms with Crippen LogP contribution in [0.1, 0.15) is 5.56 Å². The van der Waals surface area contributed by atoms with Gasteiger partial charge in [-0.1, -0.05) is 23.8 Å². The highest BCUT2D eigenvalue weighted by Crippen LogP contribution is 2.26. The molecule has 0 fully saturated rings. The number of benzene rings is 2. The van der Waals surface area contributed by atoms with Crippen LogP contribution in [0.3, 0.4) is 0 Å². The maximum Gasteiger partial charge on any atom is 0.268 e. The normalized spacial score (nSPS) is 12.6. The van der Waals surface area contributed by atoms with E-state index >= 15 is 0 Å². The summed E-state index contributed by atoms with van der Waals surface area (Å²) in [6, 6.07) is 12.2. The molecule has 2 N–H and O–H groups in total. The molecule has 3 rings (SSSR count). The summed E-state index contributed by atoms with van der Waals surface area (Å²) < 4.78 is 49.8. The van der Waals surface area contributed by atoms with E-state index in [1.165, 1.54) is 42.6 Å². The molecule has 120 valence electrons. The first-order valence-corrected chi connectivity index (χ1v) is 9.65. The summed E-state index contributed by atoms with van der Waals surface area (Å²) in [6.07, 6.45) is 1.33. The summed E-state index contributed by atoms with van der Waals surface area (Å²) >= 11 is 0. The number of aryl methyl sites for hydroxylation is 1. The molecule has 1 aromatic heterocycles. The molecular formula is C15H14N2O4S2. The smallest absolute Gasteiger partial charge is 0.241 e. The molecule has 3 aromatic rings. The molecule has 0 spiro atoms. The third-order valence-electron chi connectivity index (χ3n) is 3.54. The molecule has 0 aliphatic rings. The van der Waals surface area contributed by atoms with Gasteiger partial charge < -0.3 is 0 Å². The summed E-state index contributed by atoms with van der Waals surface area (Å²) in [5.74, 6) is 0. The van der Waals surface area contributed by atoms with Crippen molar-refractivity contribution in [1.29, 1.82) is 0 Å². The lowest BCUT2D eigenvalue weighted by molar-refractivity contribution is 0.588. The topological polar surface area (TPSA) is 99.2 Å². The summed E-state index contributed by atoms with van der Waals surface area (Å²) in [5.41, 5.74) is 1.20. The van der Waals surface area contributed by atoms with Crippen LogP contribution in [0.2, 0.25) is 0 Å². The molecule has 0 radical (unpaired) electrons. The van der Waals surface area contributed by atoms with Gasteiger partial charge in [-0.3, -0.25) is 0 Å². The number of primary sulfonamides is 1. The van der Waals surface area contributed by atoms with E-state index in [1.807, 2.05) is 6.92 Å². The van der Waals surface area contributed by atoms with Crippen LogP contribution >= 0.6 is 0 Å². The Hall–Kier alpha value is -2.16. The van der Waals surface area contributed by atoms with Crippen molar-refractivity contribution in [3.8, 4) is 0 Å². The fraction of sp³-hybridized carbons (Fsp3) is 0.0667. The first kappa shape index (κ1) is 15.7. The SMILES string of the molecule is Cc1ccc(S(=O)(=O)n2ccc3c(S(N)(=O)=O)cccc32)cc1. The van der Waals surface area contributed by atoms with Crippen LogP contribution < -0.4 is 5.14 Å². The van der Waals surface area contributed by atoms with Crippen molar-refractivity contribution in [2.45, 2.75) is 16.7 Å². The largest absolute Gasteiger partial charge is 0.268 e. The molecule has 0 amide bonds. The predicted octanol–water partition coefficient (Wildman–Crippen LogP) is 1.83. The van der Waals surface area contributed by atoms with E-state index in [1.54, 1.807) is 12.1 Å². The molecule has 0 aliphatic carbocycles. The Morgan fingerprint density at radius 3 is 2.17 bits per heavy atom. The van der Waals surface area contributed by atoms with E-state index in [-0.39, 0.29) is 20.7 Å². The maximum absolute atomic E-state index is 12.8. The highest BCUT2D eigenvalue weighted by Gasteiger charge is 2.21. The average Bonchev–Trinajstić information content (AvgIpc) is 2.91. The highest BCUT2D eigenvalue weighted by atomic mass is 32.2. The minimum atomic E-state index is -3.94. The van der Waals surface area contributed by atoms with Gasteiger partial charge in [-0.25, -0.2) is 25.9 Å². The van der Waals surface area contributed by atoms with E-state index in [0.717, 1.165) is 9.54 Å². The Labute approximate surface area is 134 Å². The van der Waals surface area contributed by atoms with Crippen molar-refractivity contribution in [2.75, 3.05) is 0 Å². The van der Waals surface area contributed by atoms with Gasteiger partial charge in [0.15, 0.2) is 0 Å². The van der Waals surface area contributed by atoms with E-state index in [0.29, 0.717) is 0 Å². The van der Waals surface area contributed by atoms with Crippen LogP contribution in [0.25, 0.3) is 10.9 Å². The lowest BCUT2D eigenvalue weighted by Crippen LogP contribution is -2.14. The second-order valence-electron chi connectivity index (χ2n) is 5.16. The van der Waals surface area contributed by atoms with Crippen LogP contribution in [0.15, 0.2) is 64.5 Å². The summed E-state index contributed by atoms with van der Waals surface area (Å²) in [4.78, 5) is 0.0227. The van der Waals surface area contributed by atoms with Gasteiger partial charge in [0.2, 0.25) is 10.0 Å². The van der Waals surface area contributed by atoms with E-state index in [2.05, 4.69) is 0 Å². The third-order valence-corrected chi connectivity index (χ3v) is 6.21. The lowest BCUT2D eigenvalue weighted by Gasteiger charge is -2.08. The molecule has 0 bridgehead atoms. The molecule has 6 nitrogen and oxygen atoms in total. The molecule has 8 heteroatoms. The lowest BCUT2D eigenvalue weighted by atomic mass is 10.2. The van der Waals surface area contributed by atoms with Crippen molar-refractivity contribution in [2.24, 2.45) is 5.14 Å². The predicted molar refractivity (Wildman–Crippen MR) is 87.1 cm³/mol. The summed E-state index contributed by atoms with van der Waals surface area (Å²) in [6.45, 7) is 1.86. The summed E-state index contributed by atoms with van der Waals surface area (Å²) in [5, 5.41) is 5.45. The van der Waals surface area contributed by atoms with Crippen LogP contribution in [-0.2, 0) is 20.0 Å².